The quantitative estimate of drug-likeness (QED) is 0.401. The van der Waals surface area contributed by atoms with Gasteiger partial charge in [-0.1, -0.05) is 18.2 Å². The molecule has 0 saturated heterocycles. The van der Waals surface area contributed by atoms with E-state index in [-0.39, 0.29) is 5.91 Å². The van der Waals surface area contributed by atoms with E-state index in [9.17, 15) is 4.79 Å². The number of hydrogen-bond acceptors (Lipinski definition) is 4. The van der Waals surface area contributed by atoms with E-state index in [1.165, 1.54) is 0 Å². The Morgan fingerprint density at radius 3 is 2.72 bits per heavy atom. The Morgan fingerprint density at radius 2 is 1.97 bits per heavy atom. The van der Waals surface area contributed by atoms with Crippen LogP contribution in [-0.4, -0.2) is 18.0 Å². The highest BCUT2D eigenvalue weighted by Crippen LogP contribution is 2.35. The van der Waals surface area contributed by atoms with Gasteiger partial charge >= 0.3 is 0 Å². The van der Waals surface area contributed by atoms with Gasteiger partial charge in [0.15, 0.2) is 5.58 Å². The van der Waals surface area contributed by atoms with Gasteiger partial charge in [0.2, 0.25) is 5.89 Å². The van der Waals surface area contributed by atoms with Gasteiger partial charge in [-0.05, 0) is 70.4 Å². The van der Waals surface area contributed by atoms with Crippen LogP contribution in [0.5, 0.6) is 5.75 Å². The zero-order chi connectivity index (χ0) is 20.1. The van der Waals surface area contributed by atoms with Gasteiger partial charge < -0.3 is 14.1 Å². The van der Waals surface area contributed by atoms with Crippen LogP contribution in [0.25, 0.3) is 22.6 Å². The van der Waals surface area contributed by atoms with Crippen LogP contribution in [0.4, 0.5) is 5.69 Å². The highest BCUT2D eigenvalue weighted by molar-refractivity contribution is 9.10. The van der Waals surface area contributed by atoms with Crippen LogP contribution in [0.3, 0.4) is 0 Å². The summed E-state index contributed by atoms with van der Waals surface area (Å²) in [4.78, 5) is 19.3. The average molecular weight is 449 g/mol. The molecule has 1 aliphatic rings. The van der Waals surface area contributed by atoms with Gasteiger partial charge in [0.1, 0.15) is 11.3 Å². The van der Waals surface area contributed by atoms with Crippen LogP contribution in [0.15, 0.2) is 63.5 Å². The van der Waals surface area contributed by atoms with Crippen LogP contribution in [0.1, 0.15) is 21.5 Å². The van der Waals surface area contributed by atoms with Crippen molar-refractivity contribution < 1.29 is 13.9 Å². The molecule has 29 heavy (non-hydrogen) atoms. The molecule has 0 spiro atoms. The molecule has 1 amide bonds. The number of amides is 1. The van der Waals surface area contributed by atoms with E-state index in [2.05, 4.69) is 20.9 Å². The summed E-state index contributed by atoms with van der Waals surface area (Å²) in [6.07, 6.45) is 0. The summed E-state index contributed by atoms with van der Waals surface area (Å²) in [5, 5.41) is 0. The van der Waals surface area contributed by atoms with Crippen molar-refractivity contribution in [2.24, 2.45) is 0 Å². The molecule has 6 heteroatoms. The molecule has 144 valence electrons. The molecule has 1 aliphatic heterocycles. The van der Waals surface area contributed by atoms with Crippen LogP contribution in [-0.2, 0) is 6.54 Å². The number of carbonyl (C=O) groups excluding carboxylic acids is 1. The Morgan fingerprint density at radius 1 is 1.14 bits per heavy atom. The number of aryl methyl sites for hydroxylation is 1. The number of anilines is 1. The van der Waals surface area contributed by atoms with Gasteiger partial charge in [-0.3, -0.25) is 4.79 Å². The van der Waals surface area contributed by atoms with Gasteiger partial charge in [0.25, 0.3) is 5.91 Å². The first-order valence-corrected chi connectivity index (χ1v) is 9.99. The fourth-order valence-electron chi connectivity index (χ4n) is 3.72. The first-order valence-electron chi connectivity index (χ1n) is 9.20. The summed E-state index contributed by atoms with van der Waals surface area (Å²) in [7, 11) is 1.63. The fourth-order valence-corrected chi connectivity index (χ4v) is 4.26. The Balaban J connectivity index is 1.56. The molecule has 4 aromatic rings. The third-order valence-corrected chi connectivity index (χ3v) is 5.81. The minimum Gasteiger partial charge on any atom is -0.496 e. The molecule has 0 aliphatic carbocycles. The van der Waals surface area contributed by atoms with Gasteiger partial charge in [0, 0.05) is 16.8 Å². The molecule has 1 aromatic heterocycles. The van der Waals surface area contributed by atoms with Gasteiger partial charge in [-0.2, -0.15) is 0 Å². The second-order valence-electron chi connectivity index (χ2n) is 7.03. The maximum absolute atomic E-state index is 12.8. The number of aromatic nitrogens is 1. The number of oxazole rings is 1. The highest BCUT2D eigenvalue weighted by atomic mass is 79.9. The van der Waals surface area contributed by atoms with Crippen molar-refractivity contribution in [1.29, 1.82) is 0 Å². The normalized spacial score (nSPS) is 13.2. The van der Waals surface area contributed by atoms with E-state index < -0.39 is 0 Å². The molecule has 0 N–H and O–H groups in total. The SMILES string of the molecule is COc1ccc(-c2nc3cc(N4Cc5ccccc5C4=O)cc(C)c3o2)cc1Br. The summed E-state index contributed by atoms with van der Waals surface area (Å²) in [6, 6.07) is 17.3. The van der Waals surface area contributed by atoms with Crippen LogP contribution in [0, 0.1) is 6.92 Å². The minimum atomic E-state index is 0.0159. The minimum absolute atomic E-state index is 0.0159. The van der Waals surface area contributed by atoms with Crippen molar-refractivity contribution in [2.75, 3.05) is 12.0 Å². The van der Waals surface area contributed by atoms with E-state index in [0.29, 0.717) is 12.4 Å². The second-order valence-corrected chi connectivity index (χ2v) is 7.88. The lowest BCUT2D eigenvalue weighted by Crippen LogP contribution is -2.23. The molecule has 0 bridgehead atoms. The number of ether oxygens (including phenoxy) is 1. The topological polar surface area (TPSA) is 55.6 Å². The molecular formula is C23H17BrN2O3. The predicted molar refractivity (Wildman–Crippen MR) is 115 cm³/mol. The van der Waals surface area contributed by atoms with Gasteiger partial charge in [-0.15, -0.1) is 0 Å². The first-order chi connectivity index (χ1) is 14.0. The third-order valence-electron chi connectivity index (χ3n) is 5.19. The molecule has 0 saturated carbocycles. The number of fused-ring (bicyclic) bond motifs is 2. The molecule has 5 nitrogen and oxygen atoms in total. The van der Waals surface area contributed by atoms with E-state index in [4.69, 9.17) is 9.15 Å². The number of rotatable bonds is 3. The monoisotopic (exact) mass is 448 g/mol. The molecule has 0 fully saturated rings. The Bertz CT molecular complexity index is 1280. The Kier molecular flexibility index (Phi) is 4.17. The Hall–Kier alpha value is -3.12. The average Bonchev–Trinajstić information content (AvgIpc) is 3.30. The lowest BCUT2D eigenvalue weighted by molar-refractivity contribution is 0.0996. The Labute approximate surface area is 176 Å². The largest absolute Gasteiger partial charge is 0.496 e. The fraction of sp³-hybridized carbons (Fsp3) is 0.130. The summed E-state index contributed by atoms with van der Waals surface area (Å²) in [6.45, 7) is 2.54. The summed E-state index contributed by atoms with van der Waals surface area (Å²) in [5.74, 6) is 1.29. The number of carbonyl (C=O) groups is 1. The van der Waals surface area contributed by atoms with Crippen molar-refractivity contribution in [2.45, 2.75) is 13.5 Å². The van der Waals surface area contributed by atoms with Crippen molar-refractivity contribution >= 4 is 38.6 Å². The van der Waals surface area contributed by atoms with Gasteiger partial charge in [0.05, 0.1) is 18.1 Å². The summed E-state index contributed by atoms with van der Waals surface area (Å²) in [5.41, 5.74) is 5.86. The zero-order valence-corrected chi connectivity index (χ0v) is 17.5. The highest BCUT2D eigenvalue weighted by Gasteiger charge is 2.28. The van der Waals surface area contributed by atoms with Crippen LogP contribution in [0.2, 0.25) is 0 Å². The second kappa shape index (κ2) is 6.74. The number of hydrogen-bond donors (Lipinski definition) is 0. The zero-order valence-electron chi connectivity index (χ0n) is 15.9. The van der Waals surface area contributed by atoms with E-state index in [1.807, 2.05) is 61.5 Å². The van der Waals surface area contributed by atoms with E-state index >= 15 is 0 Å². The molecule has 3 aromatic carbocycles. The standard InChI is InChI=1S/C23H17BrN2O3/c1-13-9-16(26-12-15-5-3-4-6-17(15)23(26)27)11-19-21(13)29-22(25-19)14-7-8-20(28-2)18(24)10-14/h3-11H,12H2,1-2H3. The maximum Gasteiger partial charge on any atom is 0.258 e. The summed E-state index contributed by atoms with van der Waals surface area (Å²) < 4.78 is 12.2. The molecule has 5 rings (SSSR count). The van der Waals surface area contributed by atoms with Crippen LogP contribution < -0.4 is 9.64 Å². The van der Waals surface area contributed by atoms with Gasteiger partial charge in [-0.25, -0.2) is 4.98 Å². The van der Waals surface area contributed by atoms with Crippen molar-refractivity contribution in [3.8, 4) is 17.2 Å². The lowest BCUT2D eigenvalue weighted by Gasteiger charge is -2.16. The first kappa shape index (κ1) is 17.9. The lowest BCUT2D eigenvalue weighted by atomic mass is 10.1. The summed E-state index contributed by atoms with van der Waals surface area (Å²) >= 11 is 3.50. The molecule has 0 atom stereocenters. The molecule has 2 heterocycles. The van der Waals surface area contributed by atoms with Crippen molar-refractivity contribution in [3.05, 3.63) is 75.8 Å². The number of methoxy groups -OCH3 is 1. The van der Waals surface area contributed by atoms with E-state index in [1.54, 1.807) is 12.0 Å². The smallest absolute Gasteiger partial charge is 0.258 e. The van der Waals surface area contributed by atoms with Crippen molar-refractivity contribution in [1.82, 2.24) is 4.98 Å². The molecule has 0 unspecified atom stereocenters. The molecular weight excluding hydrogens is 432 g/mol. The van der Waals surface area contributed by atoms with Crippen LogP contribution >= 0.6 is 15.9 Å². The van der Waals surface area contributed by atoms with Crippen molar-refractivity contribution in [3.63, 3.8) is 0 Å². The number of benzene rings is 3. The maximum atomic E-state index is 12.8. The third kappa shape index (κ3) is 2.91. The number of halogens is 1. The number of nitrogens with zero attached hydrogens (tertiary/aromatic N) is 2. The molecule has 0 radical (unpaired) electrons. The predicted octanol–water partition coefficient (Wildman–Crippen LogP) is 5.73. The van der Waals surface area contributed by atoms with E-state index in [0.717, 1.165) is 49.3 Å².